The van der Waals surface area contributed by atoms with Crippen molar-refractivity contribution in [2.45, 2.75) is 19.4 Å². The Morgan fingerprint density at radius 1 is 1.12 bits per heavy atom. The highest BCUT2D eigenvalue weighted by molar-refractivity contribution is 6.30. The van der Waals surface area contributed by atoms with Crippen LogP contribution in [0.25, 0.3) is 0 Å². The van der Waals surface area contributed by atoms with Crippen LogP contribution in [0.5, 0.6) is 11.5 Å². The molecule has 25 heavy (non-hydrogen) atoms. The summed E-state index contributed by atoms with van der Waals surface area (Å²) in [6.45, 7) is 1.52. The molecule has 0 radical (unpaired) electrons. The predicted molar refractivity (Wildman–Crippen MR) is 97.4 cm³/mol. The number of hydrogen-bond acceptors (Lipinski definition) is 4. The molecule has 2 aromatic carbocycles. The van der Waals surface area contributed by atoms with Gasteiger partial charge in [0.25, 0.3) is 0 Å². The van der Waals surface area contributed by atoms with Crippen LogP contribution in [0.4, 0.5) is 0 Å². The number of methoxy groups -OCH3 is 2. The van der Waals surface area contributed by atoms with E-state index in [-0.39, 0.29) is 11.9 Å². The Kier molecular flexibility index (Phi) is 4.95. The second-order valence-corrected chi connectivity index (χ2v) is 6.19. The van der Waals surface area contributed by atoms with Crippen LogP contribution in [0, 0.1) is 0 Å². The third kappa shape index (κ3) is 3.46. The van der Waals surface area contributed by atoms with E-state index in [9.17, 15) is 4.79 Å². The molecule has 0 bridgehead atoms. The van der Waals surface area contributed by atoms with Crippen molar-refractivity contribution in [3.8, 4) is 11.5 Å². The maximum atomic E-state index is 12.0. The minimum atomic E-state index is -0.141. The molecule has 1 aliphatic heterocycles. The van der Waals surface area contributed by atoms with Crippen molar-refractivity contribution in [3.05, 3.63) is 58.6 Å². The number of halogens is 1. The lowest BCUT2D eigenvalue weighted by molar-refractivity contribution is -0.130. The van der Waals surface area contributed by atoms with Crippen molar-refractivity contribution >= 4 is 23.2 Å². The van der Waals surface area contributed by atoms with E-state index in [0.717, 1.165) is 16.8 Å². The van der Waals surface area contributed by atoms with Crippen molar-refractivity contribution in [2.75, 3.05) is 14.2 Å². The summed E-state index contributed by atoms with van der Waals surface area (Å²) in [5.74, 6) is 1.19. The lowest BCUT2D eigenvalue weighted by Gasteiger charge is -2.20. The van der Waals surface area contributed by atoms with Crippen LogP contribution in [0.1, 0.15) is 30.5 Å². The number of rotatable bonds is 4. The summed E-state index contributed by atoms with van der Waals surface area (Å²) >= 11 is 5.97. The molecule has 1 amide bonds. The zero-order valence-electron chi connectivity index (χ0n) is 14.3. The molecule has 3 rings (SSSR count). The predicted octanol–water partition coefficient (Wildman–Crippen LogP) is 4.05. The zero-order chi connectivity index (χ0) is 18.0. The number of carbonyl (C=O) groups is 1. The number of amides is 1. The summed E-state index contributed by atoms with van der Waals surface area (Å²) in [6, 6.07) is 13.0. The van der Waals surface area contributed by atoms with Crippen molar-refractivity contribution in [1.29, 1.82) is 0 Å². The van der Waals surface area contributed by atoms with Crippen LogP contribution < -0.4 is 9.47 Å². The summed E-state index contributed by atoms with van der Waals surface area (Å²) in [5.41, 5.74) is 2.73. The largest absolute Gasteiger partial charge is 0.493 e. The second-order valence-electron chi connectivity index (χ2n) is 5.75. The summed E-state index contributed by atoms with van der Waals surface area (Å²) in [7, 11) is 3.19. The molecule has 0 N–H and O–H groups in total. The number of hydrogen-bond donors (Lipinski definition) is 0. The van der Waals surface area contributed by atoms with Gasteiger partial charge in [0.2, 0.25) is 5.91 Å². The van der Waals surface area contributed by atoms with Crippen LogP contribution in [-0.4, -0.2) is 30.8 Å². The first-order valence-electron chi connectivity index (χ1n) is 7.88. The normalized spacial score (nSPS) is 16.6. The van der Waals surface area contributed by atoms with Crippen molar-refractivity contribution in [3.63, 3.8) is 0 Å². The van der Waals surface area contributed by atoms with E-state index in [1.165, 1.54) is 11.9 Å². The highest BCUT2D eigenvalue weighted by Gasteiger charge is 2.31. The fourth-order valence-corrected chi connectivity index (χ4v) is 3.06. The molecule has 6 heteroatoms. The molecular weight excluding hydrogens is 340 g/mol. The van der Waals surface area contributed by atoms with Gasteiger partial charge in [0.05, 0.1) is 26.0 Å². The fraction of sp³-hybridized carbons (Fsp3) is 0.263. The summed E-state index contributed by atoms with van der Waals surface area (Å²) in [5, 5.41) is 6.73. The van der Waals surface area contributed by atoms with Gasteiger partial charge in [-0.1, -0.05) is 23.7 Å². The van der Waals surface area contributed by atoms with Gasteiger partial charge in [0.1, 0.15) is 0 Å². The number of benzene rings is 2. The highest BCUT2D eigenvalue weighted by atomic mass is 35.5. The maximum absolute atomic E-state index is 12.0. The van der Waals surface area contributed by atoms with Gasteiger partial charge in [-0.2, -0.15) is 5.10 Å². The summed E-state index contributed by atoms with van der Waals surface area (Å²) in [4.78, 5) is 12.0. The quantitative estimate of drug-likeness (QED) is 0.828. The Morgan fingerprint density at radius 3 is 2.40 bits per heavy atom. The lowest BCUT2D eigenvalue weighted by Crippen LogP contribution is -2.24. The molecule has 0 fully saturated rings. The van der Waals surface area contributed by atoms with Gasteiger partial charge >= 0.3 is 0 Å². The van der Waals surface area contributed by atoms with Gasteiger partial charge in [-0.25, -0.2) is 5.01 Å². The van der Waals surface area contributed by atoms with E-state index >= 15 is 0 Å². The van der Waals surface area contributed by atoms with Crippen LogP contribution in [0.15, 0.2) is 47.6 Å². The molecule has 0 aromatic heterocycles. The zero-order valence-corrected chi connectivity index (χ0v) is 15.1. The molecule has 1 atom stereocenters. The van der Waals surface area contributed by atoms with Crippen LogP contribution in [0.2, 0.25) is 5.02 Å². The monoisotopic (exact) mass is 358 g/mol. The molecule has 1 heterocycles. The number of ether oxygens (including phenoxy) is 2. The van der Waals surface area contributed by atoms with Gasteiger partial charge in [0, 0.05) is 23.9 Å². The molecule has 0 saturated heterocycles. The highest BCUT2D eigenvalue weighted by Crippen LogP contribution is 2.35. The topological polar surface area (TPSA) is 51.1 Å². The molecule has 0 spiro atoms. The van der Waals surface area contributed by atoms with Gasteiger partial charge in [0.15, 0.2) is 11.5 Å². The van der Waals surface area contributed by atoms with Crippen molar-refractivity contribution in [1.82, 2.24) is 5.01 Å². The van der Waals surface area contributed by atoms with Crippen molar-refractivity contribution < 1.29 is 14.3 Å². The molecule has 1 aliphatic rings. The average Bonchev–Trinajstić information content (AvgIpc) is 3.07. The molecule has 1 unspecified atom stereocenters. The first-order chi connectivity index (χ1) is 12.0. The number of carbonyl (C=O) groups excluding carboxylic acids is 1. The van der Waals surface area contributed by atoms with E-state index < -0.39 is 0 Å². The van der Waals surface area contributed by atoms with E-state index in [2.05, 4.69) is 5.10 Å². The summed E-state index contributed by atoms with van der Waals surface area (Å²) in [6.07, 6.45) is 0.622. The molecular formula is C19H19ClN2O3. The van der Waals surface area contributed by atoms with Crippen LogP contribution in [0.3, 0.4) is 0 Å². The second kappa shape index (κ2) is 7.15. The molecule has 5 nitrogen and oxygen atoms in total. The average molecular weight is 359 g/mol. The first-order valence-corrected chi connectivity index (χ1v) is 8.26. The Labute approximate surface area is 151 Å². The SMILES string of the molecule is COc1ccc(C2=NN(C(C)=O)C(c3ccc(Cl)cc3)C2)cc1OC. The third-order valence-electron chi connectivity index (χ3n) is 4.20. The van der Waals surface area contributed by atoms with E-state index in [1.54, 1.807) is 14.2 Å². The van der Waals surface area contributed by atoms with E-state index in [1.807, 2.05) is 42.5 Å². The first kappa shape index (κ1) is 17.3. The van der Waals surface area contributed by atoms with Gasteiger partial charge in [-0.15, -0.1) is 0 Å². The van der Waals surface area contributed by atoms with E-state index in [0.29, 0.717) is 22.9 Å². The van der Waals surface area contributed by atoms with Gasteiger partial charge in [-0.3, -0.25) is 4.79 Å². The molecule has 0 saturated carbocycles. The van der Waals surface area contributed by atoms with Gasteiger partial charge < -0.3 is 9.47 Å². The standard InChI is InChI=1S/C19H19ClN2O3/c1-12(23)22-17(13-4-7-15(20)8-5-13)11-16(21-22)14-6-9-18(24-2)19(10-14)25-3/h4-10,17H,11H2,1-3H3. The Balaban J connectivity index is 1.94. The number of nitrogens with zero attached hydrogens (tertiary/aromatic N) is 2. The van der Waals surface area contributed by atoms with Crippen LogP contribution >= 0.6 is 11.6 Å². The fourth-order valence-electron chi connectivity index (χ4n) is 2.94. The van der Waals surface area contributed by atoms with Gasteiger partial charge in [-0.05, 0) is 35.9 Å². The molecule has 2 aromatic rings. The summed E-state index contributed by atoms with van der Waals surface area (Å²) < 4.78 is 10.6. The van der Waals surface area contributed by atoms with Crippen molar-refractivity contribution in [2.24, 2.45) is 5.10 Å². The molecule has 130 valence electrons. The molecule has 0 aliphatic carbocycles. The Hall–Kier alpha value is -2.53. The number of hydrazone groups is 1. The lowest BCUT2D eigenvalue weighted by atomic mass is 9.98. The smallest absolute Gasteiger partial charge is 0.240 e. The Morgan fingerprint density at radius 2 is 1.80 bits per heavy atom. The third-order valence-corrected chi connectivity index (χ3v) is 4.46. The van der Waals surface area contributed by atoms with E-state index in [4.69, 9.17) is 21.1 Å². The van der Waals surface area contributed by atoms with Crippen LogP contribution in [-0.2, 0) is 4.79 Å². The minimum absolute atomic E-state index is 0.101. The Bertz CT molecular complexity index is 818. The maximum Gasteiger partial charge on any atom is 0.240 e. The minimum Gasteiger partial charge on any atom is -0.493 e.